The molecule has 0 atom stereocenters. The Balaban J connectivity index is 2.11. The second-order valence-electron chi connectivity index (χ2n) is 5.28. The van der Waals surface area contributed by atoms with Gasteiger partial charge in [0.15, 0.2) is 11.5 Å². The highest BCUT2D eigenvalue weighted by molar-refractivity contribution is 8.10. The Kier molecular flexibility index (Phi) is 5.82. The van der Waals surface area contributed by atoms with Crippen LogP contribution in [0.3, 0.4) is 0 Å². The number of Topliss-reactive ketones (excluding diaryl/α,β-unsaturated/α-hetero) is 1. The van der Waals surface area contributed by atoms with E-state index in [2.05, 4.69) is 11.5 Å². The summed E-state index contributed by atoms with van der Waals surface area (Å²) in [4.78, 5) is 16.7. The van der Waals surface area contributed by atoms with Crippen molar-refractivity contribution in [3.63, 3.8) is 0 Å². The number of phenolic OH excluding ortho intramolecular Hbond substituents is 1. The molecule has 1 N–H and O–H groups in total. The number of halogens is 1. The molecule has 0 aliphatic heterocycles. The molecular formula is C19H17FO3S. The fourth-order valence-electron chi connectivity index (χ4n) is 2.02. The Labute approximate surface area is 144 Å². The minimum absolute atomic E-state index is 0.00900. The molecule has 0 saturated carbocycles. The number of hydrogen-bond acceptors (Lipinski definition) is 4. The molecule has 0 fully saturated rings. The Morgan fingerprint density at radius 2 is 2.00 bits per heavy atom. The zero-order valence-electron chi connectivity index (χ0n) is 13.4. The molecule has 2 aromatic rings. The van der Waals surface area contributed by atoms with E-state index in [1.165, 1.54) is 23.9 Å². The van der Waals surface area contributed by atoms with Gasteiger partial charge in [-0.15, -0.1) is 0 Å². The van der Waals surface area contributed by atoms with Crippen LogP contribution >= 0.6 is 11.8 Å². The van der Waals surface area contributed by atoms with E-state index < -0.39 is 0 Å². The topological polar surface area (TPSA) is 46.5 Å². The number of thioether (sulfide) groups is 1. The summed E-state index contributed by atoms with van der Waals surface area (Å²) in [7, 11) is 0. The fourth-order valence-corrected chi connectivity index (χ4v) is 2.71. The van der Waals surface area contributed by atoms with Crippen LogP contribution in [0.2, 0.25) is 0 Å². The molecule has 0 saturated heterocycles. The molecule has 124 valence electrons. The van der Waals surface area contributed by atoms with Crippen molar-refractivity contribution in [2.24, 2.45) is 0 Å². The van der Waals surface area contributed by atoms with Crippen molar-refractivity contribution in [2.75, 3.05) is 0 Å². The Morgan fingerprint density at radius 3 is 2.67 bits per heavy atom. The molecule has 24 heavy (non-hydrogen) atoms. The molecule has 0 aliphatic carbocycles. The van der Waals surface area contributed by atoms with Gasteiger partial charge < -0.3 is 5.11 Å². The molecular weight excluding hydrogens is 327 g/mol. The molecule has 0 aromatic heterocycles. The second-order valence-corrected chi connectivity index (χ2v) is 6.24. The largest absolute Gasteiger partial charge is 0.508 e. The van der Waals surface area contributed by atoms with Crippen LogP contribution in [0.5, 0.6) is 11.5 Å². The average Bonchev–Trinajstić information content (AvgIpc) is 2.61. The molecule has 0 heterocycles. The van der Waals surface area contributed by atoms with Gasteiger partial charge in [-0.05, 0) is 54.6 Å². The fraction of sp³-hybridized carbons (Fsp3) is 0.105. The lowest BCUT2D eigenvalue weighted by Gasteiger charge is -2.06. The smallest absolute Gasteiger partial charge is 0.189 e. The van der Waals surface area contributed by atoms with Gasteiger partial charge in [0.2, 0.25) is 0 Å². The van der Waals surface area contributed by atoms with Gasteiger partial charge in [-0.2, -0.15) is 0 Å². The molecule has 0 spiro atoms. The summed E-state index contributed by atoms with van der Waals surface area (Å²) in [6.07, 6.45) is 0. The molecule has 0 bridgehead atoms. The van der Waals surface area contributed by atoms with Gasteiger partial charge in [0.1, 0.15) is 5.75 Å². The predicted molar refractivity (Wildman–Crippen MR) is 95.7 cm³/mol. The van der Waals surface area contributed by atoms with Gasteiger partial charge in [-0.25, -0.2) is 0 Å². The molecule has 0 aliphatic rings. The van der Waals surface area contributed by atoms with Crippen LogP contribution < -0.4 is 4.94 Å². The number of aryl methyl sites for hydroxylation is 1. The molecule has 5 heteroatoms. The van der Waals surface area contributed by atoms with Crippen LogP contribution in [0.1, 0.15) is 28.4 Å². The average molecular weight is 344 g/mol. The Hall–Kier alpha value is -2.53. The van der Waals surface area contributed by atoms with Gasteiger partial charge in [-0.3, -0.25) is 9.74 Å². The molecule has 0 radical (unpaired) electrons. The first kappa shape index (κ1) is 17.8. The van der Waals surface area contributed by atoms with Gasteiger partial charge in [0.05, 0.1) is 0 Å². The van der Waals surface area contributed by atoms with Crippen molar-refractivity contribution < 1.29 is 19.4 Å². The van der Waals surface area contributed by atoms with Gasteiger partial charge in [-0.1, -0.05) is 36.5 Å². The van der Waals surface area contributed by atoms with Crippen LogP contribution in [-0.4, -0.2) is 10.9 Å². The molecule has 0 unspecified atom stereocenters. The van der Waals surface area contributed by atoms with Crippen molar-refractivity contribution in [1.82, 2.24) is 0 Å². The number of ketones is 1. The first-order valence-corrected chi connectivity index (χ1v) is 8.06. The molecule has 2 aromatic carbocycles. The van der Waals surface area contributed by atoms with Crippen LogP contribution in [0.4, 0.5) is 4.53 Å². The van der Waals surface area contributed by atoms with Crippen molar-refractivity contribution in [2.45, 2.75) is 13.8 Å². The third-order valence-electron chi connectivity index (χ3n) is 3.44. The highest BCUT2D eigenvalue weighted by atomic mass is 32.2. The number of allylic oxidation sites excluding steroid dienone is 1. The third kappa shape index (κ3) is 4.26. The quantitative estimate of drug-likeness (QED) is 0.559. The maximum absolute atomic E-state index is 12.3. The van der Waals surface area contributed by atoms with Crippen molar-refractivity contribution in [3.8, 4) is 11.5 Å². The van der Waals surface area contributed by atoms with Crippen LogP contribution in [-0.2, 0) is 0 Å². The third-order valence-corrected chi connectivity index (χ3v) is 4.43. The number of phenols is 1. The molecule has 3 nitrogen and oxygen atoms in total. The van der Waals surface area contributed by atoms with E-state index in [0.717, 1.165) is 16.0 Å². The Morgan fingerprint density at radius 1 is 1.25 bits per heavy atom. The Bertz CT molecular complexity index is 812. The monoisotopic (exact) mass is 344 g/mol. The zero-order valence-corrected chi connectivity index (χ0v) is 14.2. The van der Waals surface area contributed by atoms with E-state index >= 15 is 0 Å². The maximum Gasteiger partial charge on any atom is 0.189 e. The van der Waals surface area contributed by atoms with E-state index in [4.69, 9.17) is 0 Å². The lowest BCUT2D eigenvalue weighted by molar-refractivity contribution is -0.00626. The van der Waals surface area contributed by atoms with Crippen molar-refractivity contribution in [1.29, 1.82) is 0 Å². The van der Waals surface area contributed by atoms with Crippen LogP contribution in [0.25, 0.3) is 4.91 Å². The normalized spacial score (nSPS) is 11.2. The summed E-state index contributed by atoms with van der Waals surface area (Å²) < 4.78 is 12.2. The van der Waals surface area contributed by atoms with E-state index in [0.29, 0.717) is 11.1 Å². The van der Waals surface area contributed by atoms with E-state index in [1.54, 1.807) is 43.5 Å². The first-order chi connectivity index (χ1) is 11.4. The predicted octanol–water partition coefficient (Wildman–Crippen LogP) is 5.45. The highest BCUT2D eigenvalue weighted by Crippen LogP contribution is 2.30. The molecule has 0 amide bonds. The zero-order chi connectivity index (χ0) is 17.7. The number of benzene rings is 2. The SMILES string of the molecule is C=C(S/C=C(\C)C(=O)c1cccc(OF)c1)c1ccc(O)c(C)c1. The van der Waals surface area contributed by atoms with Gasteiger partial charge in [0.25, 0.3) is 0 Å². The summed E-state index contributed by atoms with van der Waals surface area (Å²) in [6, 6.07) is 11.1. The van der Waals surface area contributed by atoms with Crippen molar-refractivity contribution in [3.05, 3.63) is 76.7 Å². The maximum atomic E-state index is 12.3. The molecule has 2 rings (SSSR count). The van der Waals surface area contributed by atoms with Crippen molar-refractivity contribution >= 4 is 22.5 Å². The van der Waals surface area contributed by atoms with Crippen LogP contribution in [0.15, 0.2) is 60.0 Å². The van der Waals surface area contributed by atoms with Gasteiger partial charge in [0, 0.05) is 20.6 Å². The minimum Gasteiger partial charge on any atom is -0.508 e. The summed E-state index contributed by atoms with van der Waals surface area (Å²) in [5, 5.41) is 11.3. The first-order valence-electron chi connectivity index (χ1n) is 7.18. The number of carbonyl (C=O) groups is 1. The second kappa shape index (κ2) is 7.84. The van der Waals surface area contributed by atoms with E-state index in [-0.39, 0.29) is 17.3 Å². The standard InChI is InChI=1S/C19H17FO3S/c1-12-9-15(7-8-18(12)21)14(3)24-11-13(2)19(22)16-5-4-6-17(10-16)23-20/h4-11,21H,3H2,1-2H3/b13-11+. The number of aromatic hydroxyl groups is 1. The lowest BCUT2D eigenvalue weighted by atomic mass is 10.1. The summed E-state index contributed by atoms with van der Waals surface area (Å²) in [5.74, 6) is 0.00906. The minimum atomic E-state index is -0.212. The van der Waals surface area contributed by atoms with E-state index in [9.17, 15) is 14.4 Å². The van der Waals surface area contributed by atoms with Gasteiger partial charge >= 0.3 is 0 Å². The lowest BCUT2D eigenvalue weighted by Crippen LogP contribution is -2.00. The summed E-state index contributed by atoms with van der Waals surface area (Å²) in [5.41, 5.74) is 2.49. The highest BCUT2D eigenvalue weighted by Gasteiger charge is 2.10. The van der Waals surface area contributed by atoms with E-state index in [1.807, 2.05) is 6.07 Å². The van der Waals surface area contributed by atoms with Crippen LogP contribution in [0, 0.1) is 6.92 Å². The number of rotatable bonds is 6. The number of hydrogen-bond donors (Lipinski definition) is 1. The number of carbonyl (C=O) groups excluding carboxylic acids is 1. The summed E-state index contributed by atoms with van der Waals surface area (Å²) in [6.45, 7) is 7.48. The summed E-state index contributed by atoms with van der Waals surface area (Å²) >= 11 is 1.32.